The summed E-state index contributed by atoms with van der Waals surface area (Å²) in [6.07, 6.45) is 2.39. The molecule has 0 amide bonds. The van der Waals surface area contributed by atoms with Crippen LogP contribution in [-0.2, 0) is 6.42 Å². The number of nitrogens with zero attached hydrogens (tertiary/aromatic N) is 2. The lowest BCUT2D eigenvalue weighted by atomic mass is 9.98. The summed E-state index contributed by atoms with van der Waals surface area (Å²) < 4.78 is 0. The summed E-state index contributed by atoms with van der Waals surface area (Å²) >= 11 is 0. The minimum Gasteiger partial charge on any atom is -0.329 e. The average Bonchev–Trinajstić information content (AvgIpc) is 2.66. The van der Waals surface area contributed by atoms with Gasteiger partial charge in [0.1, 0.15) is 0 Å². The molecule has 0 bridgehead atoms. The predicted octanol–water partition coefficient (Wildman–Crippen LogP) is 2.52. The Morgan fingerprint density at radius 2 is 1.76 bits per heavy atom. The van der Waals surface area contributed by atoms with Gasteiger partial charge in [-0.25, -0.2) is 0 Å². The summed E-state index contributed by atoms with van der Waals surface area (Å²) in [4.78, 5) is 4.97. The molecule has 1 unspecified atom stereocenters. The highest BCUT2D eigenvalue weighted by Gasteiger charge is 2.21. The Hall–Kier alpha value is -0.900. The second kappa shape index (κ2) is 7.92. The van der Waals surface area contributed by atoms with E-state index in [1.54, 1.807) is 0 Å². The van der Waals surface area contributed by atoms with Crippen LogP contribution >= 0.6 is 0 Å². The van der Waals surface area contributed by atoms with E-state index in [1.807, 2.05) is 0 Å². The molecule has 21 heavy (non-hydrogen) atoms. The monoisotopic (exact) mass is 289 g/mol. The molecule has 1 fully saturated rings. The lowest BCUT2D eigenvalue weighted by molar-refractivity contribution is 0.208. The molecule has 0 spiro atoms. The van der Waals surface area contributed by atoms with E-state index in [2.05, 4.69) is 55.0 Å². The van der Waals surface area contributed by atoms with Gasteiger partial charge in [-0.3, -0.25) is 4.90 Å². The van der Waals surface area contributed by atoms with Crippen LogP contribution in [0.2, 0.25) is 0 Å². The molecule has 3 heteroatoms. The van der Waals surface area contributed by atoms with Crippen molar-refractivity contribution in [2.24, 2.45) is 11.7 Å². The molecule has 118 valence electrons. The molecule has 1 aromatic rings. The highest BCUT2D eigenvalue weighted by Crippen LogP contribution is 2.22. The van der Waals surface area contributed by atoms with Crippen LogP contribution in [-0.4, -0.2) is 49.6 Å². The first-order valence-electron chi connectivity index (χ1n) is 8.31. The van der Waals surface area contributed by atoms with Gasteiger partial charge in [-0.2, -0.15) is 0 Å². The lowest BCUT2D eigenvalue weighted by Gasteiger charge is -2.30. The van der Waals surface area contributed by atoms with Crippen molar-refractivity contribution in [2.45, 2.75) is 32.7 Å². The fraction of sp³-hybridized carbons (Fsp3) is 0.667. The van der Waals surface area contributed by atoms with Crippen molar-refractivity contribution < 1.29 is 0 Å². The zero-order valence-electron chi connectivity index (χ0n) is 13.9. The minimum atomic E-state index is 0.365. The number of nitrogens with two attached hydrogens (primary N) is 1. The van der Waals surface area contributed by atoms with Crippen molar-refractivity contribution in [3.63, 3.8) is 0 Å². The van der Waals surface area contributed by atoms with E-state index in [4.69, 9.17) is 5.73 Å². The maximum Gasteiger partial charge on any atom is 0.0471 e. The first-order valence-corrected chi connectivity index (χ1v) is 8.31. The molecule has 3 nitrogen and oxygen atoms in total. The van der Waals surface area contributed by atoms with Crippen LogP contribution in [0.3, 0.4) is 0 Å². The normalized spacial score (nSPS) is 19.7. The zero-order chi connectivity index (χ0) is 15.2. The van der Waals surface area contributed by atoms with E-state index in [1.165, 1.54) is 24.1 Å². The SMILES string of the molecule is CC(C)Cc1ccc(C(CN)N2CCCN(C)CC2)cc1. The van der Waals surface area contributed by atoms with E-state index in [0.717, 1.165) is 26.1 Å². The second-order valence-electron chi connectivity index (χ2n) is 6.78. The van der Waals surface area contributed by atoms with Gasteiger partial charge in [0.15, 0.2) is 0 Å². The third-order valence-corrected chi connectivity index (χ3v) is 4.43. The van der Waals surface area contributed by atoms with Crippen LogP contribution in [0, 0.1) is 5.92 Å². The van der Waals surface area contributed by atoms with Gasteiger partial charge < -0.3 is 10.6 Å². The Morgan fingerprint density at radius 3 is 2.38 bits per heavy atom. The molecular weight excluding hydrogens is 258 g/mol. The number of likely N-dealkylation sites (N-methyl/N-ethyl adjacent to an activating group) is 1. The van der Waals surface area contributed by atoms with E-state index >= 15 is 0 Å². The summed E-state index contributed by atoms with van der Waals surface area (Å²) in [5.41, 5.74) is 8.89. The van der Waals surface area contributed by atoms with E-state index < -0.39 is 0 Å². The lowest BCUT2D eigenvalue weighted by Crippen LogP contribution is -2.36. The van der Waals surface area contributed by atoms with Crippen LogP contribution in [0.4, 0.5) is 0 Å². The molecule has 1 heterocycles. The molecule has 2 rings (SSSR count). The minimum absolute atomic E-state index is 0.365. The number of hydrogen-bond donors (Lipinski definition) is 1. The summed E-state index contributed by atoms with van der Waals surface area (Å²) in [5, 5.41) is 0. The molecule has 1 aromatic carbocycles. The molecule has 1 saturated heterocycles. The maximum absolute atomic E-state index is 6.08. The first kappa shape index (κ1) is 16.5. The van der Waals surface area contributed by atoms with Crippen molar-refractivity contribution in [1.29, 1.82) is 0 Å². The van der Waals surface area contributed by atoms with Crippen LogP contribution in [0.1, 0.15) is 37.4 Å². The van der Waals surface area contributed by atoms with Crippen LogP contribution in [0.5, 0.6) is 0 Å². The van der Waals surface area contributed by atoms with E-state index in [0.29, 0.717) is 18.5 Å². The van der Waals surface area contributed by atoms with Gasteiger partial charge in [-0.05, 0) is 43.5 Å². The Labute approximate surface area is 130 Å². The van der Waals surface area contributed by atoms with Crippen molar-refractivity contribution in [3.8, 4) is 0 Å². The van der Waals surface area contributed by atoms with E-state index in [9.17, 15) is 0 Å². The van der Waals surface area contributed by atoms with Gasteiger partial charge in [0.05, 0.1) is 0 Å². The number of hydrogen-bond acceptors (Lipinski definition) is 3. The van der Waals surface area contributed by atoms with Crippen LogP contribution in [0.25, 0.3) is 0 Å². The Balaban J connectivity index is 2.05. The summed E-state index contributed by atoms with van der Waals surface area (Å²) in [7, 11) is 2.21. The van der Waals surface area contributed by atoms with Crippen molar-refractivity contribution in [1.82, 2.24) is 9.80 Å². The Morgan fingerprint density at radius 1 is 1.05 bits per heavy atom. The Bertz CT molecular complexity index is 413. The third kappa shape index (κ3) is 4.80. The van der Waals surface area contributed by atoms with E-state index in [-0.39, 0.29) is 0 Å². The average molecular weight is 289 g/mol. The quantitative estimate of drug-likeness (QED) is 0.904. The maximum atomic E-state index is 6.08. The smallest absolute Gasteiger partial charge is 0.0471 e. The molecule has 1 aliphatic rings. The zero-order valence-corrected chi connectivity index (χ0v) is 13.9. The number of benzene rings is 1. The third-order valence-electron chi connectivity index (χ3n) is 4.43. The van der Waals surface area contributed by atoms with Crippen molar-refractivity contribution >= 4 is 0 Å². The van der Waals surface area contributed by atoms with Gasteiger partial charge >= 0.3 is 0 Å². The van der Waals surface area contributed by atoms with Gasteiger partial charge in [0, 0.05) is 32.2 Å². The second-order valence-corrected chi connectivity index (χ2v) is 6.78. The highest BCUT2D eigenvalue weighted by atomic mass is 15.2. The number of rotatable bonds is 5. The fourth-order valence-electron chi connectivity index (χ4n) is 3.22. The molecule has 0 aromatic heterocycles. The highest BCUT2D eigenvalue weighted by molar-refractivity contribution is 5.25. The van der Waals surface area contributed by atoms with Gasteiger partial charge in [0.2, 0.25) is 0 Å². The van der Waals surface area contributed by atoms with Crippen LogP contribution in [0.15, 0.2) is 24.3 Å². The summed E-state index contributed by atoms with van der Waals surface area (Å²) in [5.74, 6) is 0.710. The largest absolute Gasteiger partial charge is 0.329 e. The van der Waals surface area contributed by atoms with Gasteiger partial charge in [-0.1, -0.05) is 38.1 Å². The predicted molar refractivity (Wildman–Crippen MR) is 90.5 cm³/mol. The Kier molecular flexibility index (Phi) is 6.22. The first-order chi connectivity index (χ1) is 10.1. The van der Waals surface area contributed by atoms with Crippen molar-refractivity contribution in [2.75, 3.05) is 39.8 Å². The van der Waals surface area contributed by atoms with Crippen molar-refractivity contribution in [3.05, 3.63) is 35.4 Å². The molecule has 0 saturated carbocycles. The molecular formula is C18H31N3. The molecule has 0 radical (unpaired) electrons. The molecule has 2 N–H and O–H groups in total. The molecule has 1 atom stereocenters. The van der Waals surface area contributed by atoms with Gasteiger partial charge in [0.25, 0.3) is 0 Å². The molecule has 0 aliphatic carbocycles. The summed E-state index contributed by atoms with van der Waals surface area (Å²) in [6.45, 7) is 9.84. The van der Waals surface area contributed by atoms with Crippen LogP contribution < -0.4 is 5.73 Å². The molecule has 1 aliphatic heterocycles. The van der Waals surface area contributed by atoms with Gasteiger partial charge in [-0.15, -0.1) is 0 Å². The fourth-order valence-corrected chi connectivity index (χ4v) is 3.22. The summed E-state index contributed by atoms with van der Waals surface area (Å²) in [6, 6.07) is 9.49. The topological polar surface area (TPSA) is 32.5 Å². The standard InChI is InChI=1S/C18H31N3/c1-15(2)13-16-5-7-17(8-6-16)18(14-19)21-10-4-9-20(3)11-12-21/h5-8,15,18H,4,9-14,19H2,1-3H3.